The van der Waals surface area contributed by atoms with Gasteiger partial charge in [-0.3, -0.25) is 0 Å². The maximum absolute atomic E-state index is 12.1. The monoisotopic (exact) mass is 522 g/mol. The van der Waals surface area contributed by atoms with Crippen LogP contribution in [0.15, 0.2) is 0 Å². The van der Waals surface area contributed by atoms with E-state index >= 15 is 0 Å². The van der Waals surface area contributed by atoms with Gasteiger partial charge in [-0.25, -0.2) is 4.79 Å². The summed E-state index contributed by atoms with van der Waals surface area (Å²) in [6.45, 7) is 12.2. The van der Waals surface area contributed by atoms with Gasteiger partial charge in [0.1, 0.15) is 13.2 Å². The summed E-state index contributed by atoms with van der Waals surface area (Å²) in [5.74, 6) is 0. The first-order chi connectivity index (χ1) is 16.0. The summed E-state index contributed by atoms with van der Waals surface area (Å²) >= 11 is 0. The minimum Gasteiger partial charge on any atom is -0.444 e. The van der Waals surface area contributed by atoms with Crippen LogP contribution in [0.2, 0.25) is 6.04 Å². The van der Waals surface area contributed by atoms with Crippen molar-refractivity contribution in [2.45, 2.75) is 71.8 Å². The molecule has 0 saturated heterocycles. The Hall–Kier alpha value is -0.888. The van der Waals surface area contributed by atoms with E-state index in [4.69, 9.17) is 18.0 Å². The minimum absolute atomic E-state index is 0.343. The molecule has 0 aliphatic heterocycles. The molecule has 0 spiro atoms. The van der Waals surface area contributed by atoms with E-state index in [1.54, 1.807) is 21.3 Å². The molecule has 0 aliphatic carbocycles. The molecule has 0 unspecified atom stereocenters. The zero-order valence-electron chi connectivity index (χ0n) is 22.0. The molecule has 0 heterocycles. The van der Waals surface area contributed by atoms with Crippen LogP contribution in [0.5, 0.6) is 0 Å². The van der Waals surface area contributed by atoms with Gasteiger partial charge in [-0.05, 0) is 25.7 Å². The van der Waals surface area contributed by atoms with Gasteiger partial charge in [0.2, 0.25) is 0 Å². The normalized spacial score (nSPS) is 12.2. The van der Waals surface area contributed by atoms with Gasteiger partial charge in [-0.2, -0.15) is 0 Å². The summed E-state index contributed by atoms with van der Waals surface area (Å²) in [6, 6.07) is 0.655. The van der Waals surface area contributed by atoms with Crippen molar-refractivity contribution in [3.05, 3.63) is 0 Å². The predicted molar refractivity (Wildman–Crippen MR) is 130 cm³/mol. The first-order valence-electron chi connectivity index (χ1n) is 12.3. The fourth-order valence-electron chi connectivity index (χ4n) is 3.59. The Morgan fingerprint density at radius 1 is 0.794 bits per heavy atom. The van der Waals surface area contributed by atoms with E-state index in [-0.39, 0.29) is 6.09 Å². The first kappa shape index (κ1) is 35.3. The van der Waals surface area contributed by atoms with E-state index in [1.807, 2.05) is 0 Å². The molecule has 13 heteroatoms. The maximum Gasteiger partial charge on any atom is 0.673 e. The number of alkyl carbamates (subject to hydrolysis) is 1. The molecule has 206 valence electrons. The third kappa shape index (κ3) is 19.4. The molecule has 0 fully saturated rings. The summed E-state index contributed by atoms with van der Waals surface area (Å²) in [5.41, 5.74) is 0. The van der Waals surface area contributed by atoms with Crippen molar-refractivity contribution in [1.82, 2.24) is 5.32 Å². The van der Waals surface area contributed by atoms with Crippen LogP contribution in [0.3, 0.4) is 0 Å². The highest BCUT2D eigenvalue weighted by Crippen LogP contribution is 2.16. The van der Waals surface area contributed by atoms with E-state index in [0.717, 1.165) is 17.4 Å². The van der Waals surface area contributed by atoms with Crippen molar-refractivity contribution in [3.63, 3.8) is 0 Å². The highest BCUT2D eigenvalue weighted by Gasteiger charge is 2.36. The standard InChI is InChI=1S/C21H46N2O5Si.BF4/c1-7-10-15-23(16-11-8-2,17-12-9-3)18-19-28-21(24)22-14-13-20-29(25-4,26-5)27-6;2-1(3,4)5/h7-20H2,1-6H3;/q;-1/p+1. The number of nitrogens with one attached hydrogen (secondary N) is 1. The van der Waals surface area contributed by atoms with Gasteiger partial charge in [0.15, 0.2) is 0 Å². The molecule has 0 aromatic rings. The highest BCUT2D eigenvalue weighted by molar-refractivity contribution is 6.60. The van der Waals surface area contributed by atoms with Crippen LogP contribution >= 0.6 is 0 Å². The molecule has 0 radical (unpaired) electrons. The quantitative estimate of drug-likeness (QED) is 0.105. The first-order valence-corrected chi connectivity index (χ1v) is 14.2. The van der Waals surface area contributed by atoms with Crippen LogP contribution in [0.1, 0.15) is 65.7 Å². The van der Waals surface area contributed by atoms with Crippen LogP contribution in [-0.2, 0) is 18.0 Å². The third-order valence-corrected chi connectivity index (χ3v) is 8.45. The number of amides is 1. The van der Waals surface area contributed by atoms with Crippen LogP contribution in [0.4, 0.5) is 22.1 Å². The smallest absolute Gasteiger partial charge is 0.444 e. The molecule has 0 aromatic heterocycles. The second-order valence-corrected chi connectivity index (χ2v) is 11.3. The van der Waals surface area contributed by atoms with Gasteiger partial charge in [-0.1, -0.05) is 40.0 Å². The molecular formula is C21H47BF4N2O5Si. The number of carbonyl (C=O) groups is 1. The molecule has 0 bridgehead atoms. The summed E-state index contributed by atoms with van der Waals surface area (Å²) < 4.78 is 61.7. The Labute approximate surface area is 204 Å². The Bertz CT molecular complexity index is 468. The number of ether oxygens (including phenoxy) is 1. The van der Waals surface area contributed by atoms with E-state index in [0.29, 0.717) is 19.2 Å². The van der Waals surface area contributed by atoms with E-state index in [1.165, 1.54) is 58.2 Å². The molecule has 0 saturated carbocycles. The van der Waals surface area contributed by atoms with Crippen LogP contribution in [-0.4, -0.2) is 87.3 Å². The lowest BCUT2D eigenvalue weighted by Gasteiger charge is -2.39. The van der Waals surface area contributed by atoms with Gasteiger partial charge in [0.25, 0.3) is 0 Å². The fraction of sp³-hybridized carbons (Fsp3) is 0.952. The topological polar surface area (TPSA) is 66.0 Å². The average molecular weight is 523 g/mol. The number of hydrogen-bond donors (Lipinski definition) is 1. The molecular weight excluding hydrogens is 475 g/mol. The number of quaternary nitrogens is 1. The number of unbranched alkanes of at least 4 members (excludes halogenated alkanes) is 3. The zero-order chi connectivity index (χ0) is 26.5. The minimum atomic E-state index is -6.00. The second-order valence-electron chi connectivity index (χ2n) is 8.25. The van der Waals surface area contributed by atoms with Crippen LogP contribution < -0.4 is 5.32 Å². The van der Waals surface area contributed by atoms with Crippen LogP contribution in [0.25, 0.3) is 0 Å². The van der Waals surface area contributed by atoms with Crippen molar-refractivity contribution in [1.29, 1.82) is 0 Å². The van der Waals surface area contributed by atoms with Gasteiger partial charge in [-0.15, -0.1) is 0 Å². The van der Waals surface area contributed by atoms with Crippen LogP contribution in [0, 0.1) is 0 Å². The van der Waals surface area contributed by atoms with Gasteiger partial charge < -0.3 is 45.1 Å². The van der Waals surface area contributed by atoms with Gasteiger partial charge in [0, 0.05) is 33.9 Å². The van der Waals surface area contributed by atoms with Crippen molar-refractivity contribution >= 4 is 22.2 Å². The molecule has 0 atom stereocenters. The Balaban J connectivity index is 0. The molecule has 7 nitrogen and oxygen atoms in total. The maximum atomic E-state index is 12.1. The number of halogens is 4. The van der Waals surface area contributed by atoms with Gasteiger partial charge >= 0.3 is 22.2 Å². The Morgan fingerprint density at radius 3 is 1.56 bits per heavy atom. The molecule has 1 amide bonds. The van der Waals surface area contributed by atoms with E-state index in [2.05, 4.69) is 26.1 Å². The summed E-state index contributed by atoms with van der Waals surface area (Å²) in [6.07, 6.45) is 7.67. The predicted octanol–water partition coefficient (Wildman–Crippen LogP) is 5.50. The molecule has 0 rings (SSSR count). The fourth-order valence-corrected chi connectivity index (χ4v) is 5.31. The SMILES string of the molecule is CCCC[N+](CCCC)(CCCC)CCOC(=O)NCCC[Si](OC)(OC)OC.F[B-](F)(F)F. The lowest BCUT2D eigenvalue weighted by atomic mass is 10.1. The number of nitrogens with zero attached hydrogens (tertiary/aromatic N) is 1. The van der Waals surface area contributed by atoms with E-state index < -0.39 is 16.1 Å². The van der Waals surface area contributed by atoms with Crippen molar-refractivity contribution in [3.8, 4) is 0 Å². The molecule has 0 aliphatic rings. The summed E-state index contributed by atoms with van der Waals surface area (Å²) in [7, 11) is -3.78. The Kier molecular flexibility index (Phi) is 21.1. The largest absolute Gasteiger partial charge is 0.673 e. The third-order valence-electron chi connectivity index (χ3n) is 5.62. The highest BCUT2D eigenvalue weighted by atomic mass is 28.4. The molecule has 0 aromatic carbocycles. The summed E-state index contributed by atoms with van der Waals surface area (Å²) in [4.78, 5) is 12.1. The number of rotatable bonds is 19. The number of hydrogen-bond acceptors (Lipinski definition) is 5. The van der Waals surface area contributed by atoms with Gasteiger partial charge in [0.05, 0.1) is 19.6 Å². The lowest BCUT2D eigenvalue weighted by Crippen LogP contribution is -2.52. The molecule has 34 heavy (non-hydrogen) atoms. The number of carbonyl (C=O) groups excluding carboxylic acids is 1. The van der Waals surface area contributed by atoms with Crippen molar-refractivity contribution < 1.29 is 44.6 Å². The zero-order valence-corrected chi connectivity index (χ0v) is 23.0. The second kappa shape index (κ2) is 20.3. The average Bonchev–Trinajstić information content (AvgIpc) is 2.79. The van der Waals surface area contributed by atoms with Crippen molar-refractivity contribution in [2.24, 2.45) is 0 Å². The summed E-state index contributed by atoms with van der Waals surface area (Å²) in [5, 5.41) is 2.83. The molecule has 1 N–H and O–H groups in total. The van der Waals surface area contributed by atoms with E-state index in [9.17, 15) is 22.1 Å². The Morgan fingerprint density at radius 2 is 1.21 bits per heavy atom. The van der Waals surface area contributed by atoms with Crippen molar-refractivity contribution in [2.75, 3.05) is 60.7 Å². The lowest BCUT2D eigenvalue weighted by molar-refractivity contribution is -0.929.